The minimum absolute atomic E-state index is 0.242. The van der Waals surface area contributed by atoms with Crippen LogP contribution in [0.3, 0.4) is 0 Å². The minimum Gasteiger partial charge on any atom is -0.477 e. The molecule has 2 aromatic heterocycles. The molecule has 1 aliphatic heterocycles. The van der Waals surface area contributed by atoms with E-state index in [0.29, 0.717) is 35.8 Å². The lowest BCUT2D eigenvalue weighted by molar-refractivity contribution is 0.123. The normalized spacial score (nSPS) is 22.3. The molecule has 2 aromatic rings. The van der Waals surface area contributed by atoms with Crippen molar-refractivity contribution in [1.82, 2.24) is 9.97 Å². The van der Waals surface area contributed by atoms with Crippen molar-refractivity contribution in [3.05, 3.63) is 36.2 Å². The Kier molecular flexibility index (Phi) is 4.95. The lowest BCUT2D eigenvalue weighted by Gasteiger charge is -2.40. The topological polar surface area (TPSA) is 82.3 Å². The summed E-state index contributed by atoms with van der Waals surface area (Å²) in [6.07, 6.45) is 5.35. The van der Waals surface area contributed by atoms with Gasteiger partial charge in [0.2, 0.25) is 5.88 Å². The molecule has 0 bridgehead atoms. The molecule has 1 N–H and O–H groups in total. The average molecular weight is 364 g/mol. The van der Waals surface area contributed by atoms with Gasteiger partial charge in [-0.3, -0.25) is 0 Å². The van der Waals surface area contributed by atoms with E-state index in [1.165, 1.54) is 12.8 Å². The van der Waals surface area contributed by atoms with Crippen LogP contribution in [0.25, 0.3) is 11.3 Å². The van der Waals surface area contributed by atoms with Gasteiger partial charge < -0.3 is 14.7 Å². The number of aromatic nitrogens is 2. The predicted octanol–water partition coefficient (Wildman–Crippen LogP) is 3.15. The van der Waals surface area contributed by atoms with Crippen molar-refractivity contribution in [3.63, 3.8) is 0 Å². The minimum atomic E-state index is -0.242. The first-order chi connectivity index (χ1) is 13.2. The van der Waals surface area contributed by atoms with Gasteiger partial charge in [-0.05, 0) is 62.8 Å². The van der Waals surface area contributed by atoms with Gasteiger partial charge in [0.1, 0.15) is 6.07 Å². The van der Waals surface area contributed by atoms with E-state index in [9.17, 15) is 10.4 Å². The van der Waals surface area contributed by atoms with Crippen LogP contribution in [-0.4, -0.2) is 40.4 Å². The smallest absolute Gasteiger partial charge is 0.222 e. The van der Waals surface area contributed by atoms with Crippen LogP contribution in [0, 0.1) is 17.2 Å². The molecule has 1 saturated heterocycles. The van der Waals surface area contributed by atoms with E-state index in [4.69, 9.17) is 4.74 Å². The van der Waals surface area contributed by atoms with Crippen molar-refractivity contribution < 1.29 is 9.84 Å². The third-order valence-electron chi connectivity index (χ3n) is 5.40. The Hall–Kier alpha value is -2.65. The molecule has 0 radical (unpaired) electrons. The fourth-order valence-corrected chi connectivity index (χ4v) is 3.96. The lowest BCUT2D eigenvalue weighted by Crippen LogP contribution is -2.46. The molecule has 2 aliphatic rings. The van der Waals surface area contributed by atoms with Gasteiger partial charge in [0, 0.05) is 18.8 Å². The molecule has 4 rings (SSSR count). The SMILES string of the molecule is CCOc1ncccc1-c1ccc(N2CC[C@H](O)C[C@@H]2C2CC2)c(C#N)n1. The molecule has 0 unspecified atom stereocenters. The summed E-state index contributed by atoms with van der Waals surface area (Å²) in [5, 5.41) is 19.8. The standard InChI is InChI=1S/C21H24N4O2/c1-2-27-21-16(4-3-10-23-21)17-7-8-19(18(13-22)24-17)25-11-9-15(26)12-20(25)14-5-6-14/h3-4,7-8,10,14-15,20,26H,2,5-6,9,11-12H2,1H3/t15-,20+/m0/s1. The van der Waals surface area contributed by atoms with E-state index < -0.39 is 0 Å². The molecule has 1 saturated carbocycles. The van der Waals surface area contributed by atoms with Crippen molar-refractivity contribution >= 4 is 5.69 Å². The number of hydrogen-bond acceptors (Lipinski definition) is 6. The first-order valence-electron chi connectivity index (χ1n) is 9.65. The second kappa shape index (κ2) is 7.53. The van der Waals surface area contributed by atoms with Crippen LogP contribution in [0.5, 0.6) is 5.88 Å². The highest BCUT2D eigenvalue weighted by Crippen LogP contribution is 2.42. The highest BCUT2D eigenvalue weighted by atomic mass is 16.5. The highest BCUT2D eigenvalue weighted by Gasteiger charge is 2.39. The molecule has 0 spiro atoms. The number of rotatable bonds is 5. The van der Waals surface area contributed by atoms with Gasteiger partial charge in [-0.25, -0.2) is 9.97 Å². The summed E-state index contributed by atoms with van der Waals surface area (Å²) in [5.41, 5.74) is 2.76. The van der Waals surface area contributed by atoms with Gasteiger partial charge in [0.05, 0.1) is 29.7 Å². The Morgan fingerprint density at radius 1 is 1.30 bits per heavy atom. The average Bonchev–Trinajstić information content (AvgIpc) is 3.53. The fraction of sp³-hybridized carbons (Fsp3) is 0.476. The van der Waals surface area contributed by atoms with Crippen molar-refractivity contribution in [1.29, 1.82) is 5.26 Å². The van der Waals surface area contributed by atoms with Gasteiger partial charge in [0.15, 0.2) is 5.69 Å². The van der Waals surface area contributed by atoms with E-state index in [1.54, 1.807) is 6.20 Å². The monoisotopic (exact) mass is 364 g/mol. The van der Waals surface area contributed by atoms with Gasteiger partial charge in [0.25, 0.3) is 0 Å². The number of anilines is 1. The first kappa shape index (κ1) is 17.7. The molecule has 2 atom stereocenters. The molecular formula is C21H24N4O2. The van der Waals surface area contributed by atoms with Crippen LogP contribution >= 0.6 is 0 Å². The van der Waals surface area contributed by atoms with Gasteiger partial charge in [-0.2, -0.15) is 5.26 Å². The van der Waals surface area contributed by atoms with Crippen molar-refractivity contribution in [3.8, 4) is 23.2 Å². The maximum absolute atomic E-state index is 10.1. The number of piperidine rings is 1. The van der Waals surface area contributed by atoms with E-state index >= 15 is 0 Å². The molecule has 0 amide bonds. The van der Waals surface area contributed by atoms with Crippen molar-refractivity contribution in [2.45, 2.75) is 44.8 Å². The van der Waals surface area contributed by atoms with Gasteiger partial charge in [-0.1, -0.05) is 0 Å². The Labute approximate surface area is 159 Å². The lowest BCUT2D eigenvalue weighted by atomic mass is 9.94. The van der Waals surface area contributed by atoms with E-state index in [-0.39, 0.29) is 6.10 Å². The van der Waals surface area contributed by atoms with Crippen LogP contribution in [-0.2, 0) is 0 Å². The number of nitrogens with zero attached hydrogens (tertiary/aromatic N) is 4. The maximum Gasteiger partial charge on any atom is 0.222 e. The number of ether oxygens (including phenoxy) is 1. The van der Waals surface area contributed by atoms with Crippen molar-refractivity contribution in [2.75, 3.05) is 18.1 Å². The molecule has 2 fully saturated rings. The third-order valence-corrected chi connectivity index (χ3v) is 5.40. The summed E-state index contributed by atoms with van der Waals surface area (Å²) >= 11 is 0. The summed E-state index contributed by atoms with van der Waals surface area (Å²) < 4.78 is 5.61. The van der Waals surface area contributed by atoms with Crippen LogP contribution in [0.15, 0.2) is 30.5 Å². The largest absolute Gasteiger partial charge is 0.477 e. The molecule has 3 heterocycles. The second-order valence-electron chi connectivity index (χ2n) is 7.24. The van der Waals surface area contributed by atoms with E-state index in [2.05, 4.69) is 20.9 Å². The van der Waals surface area contributed by atoms with Crippen molar-refractivity contribution in [2.24, 2.45) is 5.92 Å². The number of aliphatic hydroxyl groups is 1. The Bertz CT molecular complexity index is 860. The predicted molar refractivity (Wildman–Crippen MR) is 102 cm³/mol. The molecular weight excluding hydrogens is 340 g/mol. The molecule has 6 nitrogen and oxygen atoms in total. The number of nitriles is 1. The Morgan fingerprint density at radius 3 is 2.89 bits per heavy atom. The van der Waals surface area contributed by atoms with Crippen LogP contribution in [0.2, 0.25) is 0 Å². The van der Waals surface area contributed by atoms with E-state index in [1.807, 2.05) is 31.2 Å². The maximum atomic E-state index is 10.1. The van der Waals surface area contributed by atoms with Gasteiger partial charge in [-0.15, -0.1) is 0 Å². The molecule has 27 heavy (non-hydrogen) atoms. The zero-order valence-corrected chi connectivity index (χ0v) is 15.5. The molecule has 0 aromatic carbocycles. The van der Waals surface area contributed by atoms with Crippen LogP contribution in [0.1, 0.15) is 38.3 Å². The molecule has 1 aliphatic carbocycles. The zero-order chi connectivity index (χ0) is 18.8. The summed E-state index contributed by atoms with van der Waals surface area (Å²) in [4.78, 5) is 11.2. The molecule has 6 heteroatoms. The summed E-state index contributed by atoms with van der Waals surface area (Å²) in [6.45, 7) is 3.19. The van der Waals surface area contributed by atoms with E-state index in [0.717, 1.165) is 30.6 Å². The Balaban J connectivity index is 1.69. The summed E-state index contributed by atoms with van der Waals surface area (Å²) in [7, 11) is 0. The first-order valence-corrected chi connectivity index (χ1v) is 9.65. The fourth-order valence-electron chi connectivity index (χ4n) is 3.96. The highest BCUT2D eigenvalue weighted by molar-refractivity contribution is 5.69. The second-order valence-corrected chi connectivity index (χ2v) is 7.24. The number of pyridine rings is 2. The van der Waals surface area contributed by atoms with Crippen LogP contribution < -0.4 is 9.64 Å². The Morgan fingerprint density at radius 2 is 2.15 bits per heavy atom. The summed E-state index contributed by atoms with van der Waals surface area (Å²) in [5.74, 6) is 1.15. The number of hydrogen-bond donors (Lipinski definition) is 1. The number of aliphatic hydroxyl groups excluding tert-OH is 1. The van der Waals surface area contributed by atoms with Crippen LogP contribution in [0.4, 0.5) is 5.69 Å². The summed E-state index contributed by atoms with van der Waals surface area (Å²) in [6, 6.07) is 10.2. The third kappa shape index (κ3) is 3.60. The quantitative estimate of drug-likeness (QED) is 0.878. The zero-order valence-electron chi connectivity index (χ0n) is 15.5. The molecule has 140 valence electrons. The van der Waals surface area contributed by atoms with Gasteiger partial charge >= 0.3 is 0 Å².